The third kappa shape index (κ3) is 3.49. The Kier molecular flexibility index (Phi) is 5.27. The lowest BCUT2D eigenvalue weighted by Gasteiger charge is -2.30. The van der Waals surface area contributed by atoms with Gasteiger partial charge in [-0.2, -0.15) is 0 Å². The number of hydrogen-bond donors (Lipinski definition) is 1. The van der Waals surface area contributed by atoms with Gasteiger partial charge in [-0.1, -0.05) is 0 Å². The number of carbonyl (C=O) groups is 1. The minimum absolute atomic E-state index is 0.0210. The summed E-state index contributed by atoms with van der Waals surface area (Å²) in [6, 6.07) is 1.88. The highest BCUT2D eigenvalue weighted by Crippen LogP contribution is 2.29. The number of carbonyl (C=O) groups excluding carboxylic acids is 1. The second kappa shape index (κ2) is 7.44. The van der Waals surface area contributed by atoms with Gasteiger partial charge in [0.15, 0.2) is 0 Å². The Morgan fingerprint density at radius 1 is 1.40 bits per heavy atom. The summed E-state index contributed by atoms with van der Waals surface area (Å²) in [5.41, 5.74) is 2.89. The molecule has 6 nitrogen and oxygen atoms in total. The number of hydrogen-bond acceptors (Lipinski definition) is 3. The molecule has 3 rings (SSSR count). The lowest BCUT2D eigenvalue weighted by atomic mass is 9.90. The average Bonchev–Trinajstić information content (AvgIpc) is 3.16. The lowest BCUT2D eigenvalue weighted by molar-refractivity contribution is 0.0499. The van der Waals surface area contributed by atoms with Crippen molar-refractivity contribution in [2.45, 2.75) is 46.2 Å². The summed E-state index contributed by atoms with van der Waals surface area (Å²) >= 11 is 0. The maximum Gasteiger partial charge on any atom is 0.253 e. The predicted octanol–water partition coefficient (Wildman–Crippen LogP) is 2.76. The zero-order valence-electron chi connectivity index (χ0n) is 15.6. The van der Waals surface area contributed by atoms with Crippen molar-refractivity contribution >= 4 is 5.91 Å². The monoisotopic (exact) mass is 344 g/mol. The maximum absolute atomic E-state index is 13.0. The van der Waals surface area contributed by atoms with Crippen molar-refractivity contribution in [1.82, 2.24) is 19.4 Å². The molecule has 0 radical (unpaired) electrons. The van der Waals surface area contributed by atoms with Gasteiger partial charge in [0, 0.05) is 50.6 Å². The zero-order chi connectivity index (χ0) is 18.0. The SMILES string of the molecule is CCn1c(C)cc(C(=O)N[C@@H](c2nccn2C)C2CCOCC2)c1C. The first kappa shape index (κ1) is 17.7. The molecule has 0 saturated carbocycles. The van der Waals surface area contributed by atoms with Crippen LogP contribution in [0.3, 0.4) is 0 Å². The third-order valence-electron chi connectivity index (χ3n) is 5.30. The molecule has 1 amide bonds. The highest BCUT2D eigenvalue weighted by atomic mass is 16.5. The van der Waals surface area contributed by atoms with Gasteiger partial charge < -0.3 is 19.2 Å². The number of ether oxygens (including phenoxy) is 1. The molecule has 1 aliphatic heterocycles. The van der Waals surface area contributed by atoms with Crippen LogP contribution in [-0.4, -0.2) is 33.2 Å². The molecule has 3 heterocycles. The van der Waals surface area contributed by atoms with Gasteiger partial charge in [0.05, 0.1) is 11.6 Å². The summed E-state index contributed by atoms with van der Waals surface area (Å²) in [5.74, 6) is 1.23. The van der Waals surface area contributed by atoms with Crippen LogP contribution in [0.2, 0.25) is 0 Å². The van der Waals surface area contributed by atoms with Crippen molar-refractivity contribution in [2.75, 3.05) is 13.2 Å². The first-order chi connectivity index (χ1) is 12.0. The van der Waals surface area contributed by atoms with Gasteiger partial charge in [-0.05, 0) is 45.6 Å². The Bertz CT molecular complexity index is 741. The second-order valence-electron chi connectivity index (χ2n) is 6.83. The minimum Gasteiger partial charge on any atom is -0.381 e. The molecule has 1 fully saturated rings. The Morgan fingerprint density at radius 2 is 2.12 bits per heavy atom. The molecule has 136 valence electrons. The van der Waals surface area contributed by atoms with E-state index < -0.39 is 0 Å². The quantitative estimate of drug-likeness (QED) is 0.907. The number of rotatable bonds is 5. The fourth-order valence-corrected chi connectivity index (χ4v) is 3.86. The molecule has 1 saturated heterocycles. The molecule has 1 atom stereocenters. The standard InChI is InChI=1S/C19H28N4O2/c1-5-23-13(2)12-16(14(23)3)19(24)21-17(15-6-10-25-11-7-15)18-20-8-9-22(18)4/h8-9,12,15,17H,5-7,10-11H2,1-4H3,(H,21,24)/t17-/m1/s1. The van der Waals surface area contributed by atoms with Gasteiger partial charge in [-0.25, -0.2) is 4.98 Å². The van der Waals surface area contributed by atoms with E-state index in [9.17, 15) is 4.79 Å². The van der Waals surface area contributed by atoms with Gasteiger partial charge in [-0.3, -0.25) is 4.79 Å². The Labute approximate surface area is 149 Å². The molecular formula is C19H28N4O2. The number of nitrogens with zero attached hydrogens (tertiary/aromatic N) is 3. The molecule has 1 N–H and O–H groups in total. The van der Waals surface area contributed by atoms with E-state index in [4.69, 9.17) is 4.74 Å². The van der Waals surface area contributed by atoms with Gasteiger partial charge >= 0.3 is 0 Å². The van der Waals surface area contributed by atoms with Crippen LogP contribution in [0.1, 0.15) is 53.4 Å². The number of aryl methyl sites for hydroxylation is 2. The fraction of sp³-hybridized carbons (Fsp3) is 0.579. The lowest BCUT2D eigenvalue weighted by Crippen LogP contribution is -2.37. The largest absolute Gasteiger partial charge is 0.381 e. The van der Waals surface area contributed by atoms with Crippen LogP contribution in [-0.2, 0) is 18.3 Å². The molecule has 0 bridgehead atoms. The summed E-state index contributed by atoms with van der Waals surface area (Å²) in [6.07, 6.45) is 5.59. The van der Waals surface area contributed by atoms with Crippen LogP contribution in [0.25, 0.3) is 0 Å². The van der Waals surface area contributed by atoms with E-state index in [1.54, 1.807) is 6.20 Å². The van der Waals surface area contributed by atoms with Crippen molar-refractivity contribution < 1.29 is 9.53 Å². The number of aromatic nitrogens is 3. The fourth-order valence-electron chi connectivity index (χ4n) is 3.86. The molecular weight excluding hydrogens is 316 g/mol. The molecule has 2 aromatic rings. The van der Waals surface area contributed by atoms with Crippen molar-refractivity contribution in [3.8, 4) is 0 Å². The van der Waals surface area contributed by atoms with Crippen molar-refractivity contribution in [2.24, 2.45) is 13.0 Å². The summed E-state index contributed by atoms with van der Waals surface area (Å²) in [5, 5.41) is 3.26. The van der Waals surface area contributed by atoms with Gasteiger partial charge in [0.25, 0.3) is 5.91 Å². The zero-order valence-corrected chi connectivity index (χ0v) is 15.6. The summed E-state index contributed by atoms with van der Waals surface area (Å²) in [7, 11) is 1.98. The van der Waals surface area contributed by atoms with Crippen LogP contribution >= 0.6 is 0 Å². The van der Waals surface area contributed by atoms with E-state index in [1.807, 2.05) is 37.7 Å². The van der Waals surface area contributed by atoms with Crippen molar-refractivity contribution in [1.29, 1.82) is 0 Å². The van der Waals surface area contributed by atoms with E-state index in [2.05, 4.69) is 21.8 Å². The second-order valence-corrected chi connectivity index (χ2v) is 6.83. The summed E-state index contributed by atoms with van der Waals surface area (Å²) in [4.78, 5) is 17.5. The third-order valence-corrected chi connectivity index (χ3v) is 5.30. The number of nitrogens with one attached hydrogen (secondary N) is 1. The smallest absolute Gasteiger partial charge is 0.253 e. The highest BCUT2D eigenvalue weighted by molar-refractivity contribution is 5.96. The molecule has 2 aromatic heterocycles. The molecule has 6 heteroatoms. The van der Waals surface area contributed by atoms with Crippen LogP contribution < -0.4 is 5.32 Å². The molecule has 1 aliphatic rings. The highest BCUT2D eigenvalue weighted by Gasteiger charge is 2.30. The number of amides is 1. The van der Waals surface area contributed by atoms with Gasteiger partial charge in [-0.15, -0.1) is 0 Å². The molecule has 0 aromatic carbocycles. The summed E-state index contributed by atoms with van der Waals surface area (Å²) in [6.45, 7) is 8.50. The predicted molar refractivity (Wildman–Crippen MR) is 96.5 cm³/mol. The van der Waals surface area contributed by atoms with Crippen molar-refractivity contribution in [3.63, 3.8) is 0 Å². The van der Waals surface area contributed by atoms with E-state index in [1.165, 1.54) is 0 Å². The van der Waals surface area contributed by atoms with Gasteiger partial charge in [0.1, 0.15) is 5.82 Å². The van der Waals surface area contributed by atoms with E-state index >= 15 is 0 Å². The Hall–Kier alpha value is -2.08. The van der Waals surface area contributed by atoms with Gasteiger partial charge in [0.2, 0.25) is 0 Å². The Balaban J connectivity index is 1.87. The maximum atomic E-state index is 13.0. The van der Waals surface area contributed by atoms with E-state index in [0.29, 0.717) is 5.92 Å². The van der Waals surface area contributed by atoms with E-state index in [0.717, 1.165) is 55.4 Å². The first-order valence-electron chi connectivity index (χ1n) is 9.05. The normalized spacial score (nSPS) is 16.8. The molecule has 0 spiro atoms. The average molecular weight is 344 g/mol. The minimum atomic E-state index is -0.0962. The number of imidazole rings is 1. The van der Waals surface area contributed by atoms with Crippen LogP contribution in [0.4, 0.5) is 0 Å². The molecule has 25 heavy (non-hydrogen) atoms. The van der Waals surface area contributed by atoms with Crippen LogP contribution in [0.5, 0.6) is 0 Å². The Morgan fingerprint density at radius 3 is 2.68 bits per heavy atom. The first-order valence-corrected chi connectivity index (χ1v) is 9.05. The van der Waals surface area contributed by atoms with E-state index in [-0.39, 0.29) is 11.9 Å². The topological polar surface area (TPSA) is 61.1 Å². The van der Waals surface area contributed by atoms with Crippen LogP contribution in [0.15, 0.2) is 18.5 Å². The molecule has 0 aliphatic carbocycles. The molecule has 0 unspecified atom stereocenters. The van der Waals surface area contributed by atoms with Crippen molar-refractivity contribution in [3.05, 3.63) is 41.2 Å². The summed E-state index contributed by atoms with van der Waals surface area (Å²) < 4.78 is 9.66. The van der Waals surface area contributed by atoms with Crippen LogP contribution in [0, 0.1) is 19.8 Å².